The number of amides is 2. The molecule has 6 heteroatoms. The average molecular weight is 317 g/mol. The molecule has 2 aliphatic heterocycles. The second-order valence-electron chi connectivity index (χ2n) is 5.99. The predicted octanol–water partition coefficient (Wildman–Crippen LogP) is 1.81. The van der Waals surface area contributed by atoms with Gasteiger partial charge in [-0.2, -0.15) is 0 Å². The van der Waals surface area contributed by atoms with Gasteiger partial charge in [0.05, 0.1) is 7.11 Å². The van der Waals surface area contributed by atoms with E-state index in [0.717, 1.165) is 13.1 Å². The Morgan fingerprint density at radius 3 is 2.00 bits per heavy atom. The van der Waals surface area contributed by atoms with Crippen molar-refractivity contribution in [2.45, 2.75) is 12.8 Å². The van der Waals surface area contributed by atoms with Crippen LogP contribution in [0.2, 0.25) is 0 Å². The minimum atomic E-state index is -0.327. The fourth-order valence-electron chi connectivity index (χ4n) is 3.19. The second kappa shape index (κ2) is 6.89. The highest BCUT2D eigenvalue weighted by Crippen LogP contribution is 2.21. The maximum absolute atomic E-state index is 12.6. The molecule has 2 saturated heterocycles. The van der Waals surface area contributed by atoms with E-state index in [1.165, 1.54) is 25.6 Å². The molecule has 0 atom stereocenters. The Labute approximate surface area is 136 Å². The summed E-state index contributed by atoms with van der Waals surface area (Å²) >= 11 is 0. The number of ether oxygens (including phenoxy) is 1. The smallest absolute Gasteiger partial charge is 0.409 e. The molecule has 0 N–H and O–H groups in total. The summed E-state index contributed by atoms with van der Waals surface area (Å²) in [4.78, 5) is 29.8. The van der Waals surface area contributed by atoms with Gasteiger partial charge in [0.2, 0.25) is 0 Å². The summed E-state index contributed by atoms with van der Waals surface area (Å²) in [5, 5.41) is 0. The van der Waals surface area contributed by atoms with E-state index in [2.05, 4.69) is 4.90 Å². The van der Waals surface area contributed by atoms with Gasteiger partial charge >= 0.3 is 6.09 Å². The van der Waals surface area contributed by atoms with Crippen molar-refractivity contribution in [3.05, 3.63) is 29.8 Å². The van der Waals surface area contributed by atoms with Crippen molar-refractivity contribution >= 4 is 17.7 Å². The first-order valence-electron chi connectivity index (χ1n) is 8.16. The Morgan fingerprint density at radius 1 is 0.870 bits per heavy atom. The van der Waals surface area contributed by atoms with Crippen molar-refractivity contribution in [2.75, 3.05) is 51.3 Å². The first kappa shape index (κ1) is 15.6. The molecule has 0 bridgehead atoms. The van der Waals surface area contributed by atoms with Crippen LogP contribution in [0.25, 0.3) is 0 Å². The van der Waals surface area contributed by atoms with E-state index in [1.807, 2.05) is 24.3 Å². The molecular weight excluding hydrogens is 294 g/mol. The molecule has 23 heavy (non-hydrogen) atoms. The van der Waals surface area contributed by atoms with Crippen LogP contribution < -0.4 is 4.90 Å². The molecule has 0 saturated carbocycles. The van der Waals surface area contributed by atoms with E-state index in [9.17, 15) is 9.59 Å². The van der Waals surface area contributed by atoms with Crippen LogP contribution in [0.5, 0.6) is 0 Å². The van der Waals surface area contributed by atoms with E-state index >= 15 is 0 Å². The summed E-state index contributed by atoms with van der Waals surface area (Å²) in [5.74, 6) is 0.0301. The van der Waals surface area contributed by atoms with Crippen LogP contribution in [-0.4, -0.2) is 68.2 Å². The molecular formula is C17H23N3O3. The fourth-order valence-corrected chi connectivity index (χ4v) is 3.19. The topological polar surface area (TPSA) is 53.1 Å². The molecule has 0 aromatic heterocycles. The zero-order valence-electron chi connectivity index (χ0n) is 13.5. The molecule has 0 unspecified atom stereocenters. The van der Waals surface area contributed by atoms with Gasteiger partial charge in [-0.15, -0.1) is 0 Å². The predicted molar refractivity (Wildman–Crippen MR) is 87.8 cm³/mol. The lowest BCUT2D eigenvalue weighted by molar-refractivity contribution is 0.0599. The highest BCUT2D eigenvalue weighted by Gasteiger charge is 2.25. The standard InChI is InChI=1S/C17H23N3O3/c1-23-17(22)20-12-10-19(11-13-20)16(21)14-4-6-15(7-5-14)18-8-2-3-9-18/h4-7H,2-3,8-13H2,1H3. The largest absolute Gasteiger partial charge is 0.453 e. The van der Waals surface area contributed by atoms with Crippen LogP contribution in [0.15, 0.2) is 24.3 Å². The van der Waals surface area contributed by atoms with Gasteiger partial charge in [-0.05, 0) is 37.1 Å². The van der Waals surface area contributed by atoms with Crippen LogP contribution in [0.1, 0.15) is 23.2 Å². The fraction of sp³-hybridized carbons (Fsp3) is 0.529. The molecule has 2 heterocycles. The number of nitrogens with zero attached hydrogens (tertiary/aromatic N) is 3. The van der Waals surface area contributed by atoms with Crippen LogP contribution >= 0.6 is 0 Å². The minimum absolute atomic E-state index is 0.0301. The maximum Gasteiger partial charge on any atom is 0.409 e. The summed E-state index contributed by atoms with van der Waals surface area (Å²) in [7, 11) is 1.38. The van der Waals surface area contributed by atoms with Crippen molar-refractivity contribution in [1.29, 1.82) is 0 Å². The molecule has 1 aromatic rings. The van der Waals surface area contributed by atoms with Crippen molar-refractivity contribution < 1.29 is 14.3 Å². The minimum Gasteiger partial charge on any atom is -0.453 e. The molecule has 3 rings (SSSR count). The molecule has 1 aromatic carbocycles. The van der Waals surface area contributed by atoms with Gasteiger partial charge in [-0.1, -0.05) is 0 Å². The van der Waals surface area contributed by atoms with Gasteiger partial charge in [0.1, 0.15) is 0 Å². The van der Waals surface area contributed by atoms with E-state index in [4.69, 9.17) is 4.74 Å². The number of carbonyl (C=O) groups is 2. The van der Waals surface area contributed by atoms with Gasteiger partial charge in [0.15, 0.2) is 0 Å². The number of rotatable bonds is 2. The Bertz CT molecular complexity index is 559. The van der Waals surface area contributed by atoms with E-state index in [0.29, 0.717) is 31.7 Å². The zero-order chi connectivity index (χ0) is 16.2. The molecule has 0 spiro atoms. The lowest BCUT2D eigenvalue weighted by Gasteiger charge is -2.33. The van der Waals surface area contributed by atoms with Gasteiger partial charge in [0, 0.05) is 50.5 Å². The third-order valence-corrected chi connectivity index (χ3v) is 4.59. The SMILES string of the molecule is COC(=O)N1CCN(C(=O)c2ccc(N3CCCC3)cc2)CC1. The van der Waals surface area contributed by atoms with Gasteiger partial charge in [0.25, 0.3) is 5.91 Å². The zero-order valence-corrected chi connectivity index (χ0v) is 13.5. The van der Waals surface area contributed by atoms with Crippen LogP contribution in [0.4, 0.5) is 10.5 Å². The number of anilines is 1. The van der Waals surface area contributed by atoms with E-state index in [-0.39, 0.29) is 12.0 Å². The summed E-state index contributed by atoms with van der Waals surface area (Å²) in [6.07, 6.45) is 2.16. The third kappa shape index (κ3) is 3.41. The summed E-state index contributed by atoms with van der Waals surface area (Å²) in [5.41, 5.74) is 1.90. The Kier molecular flexibility index (Phi) is 4.69. The number of hydrogen-bond donors (Lipinski definition) is 0. The Morgan fingerprint density at radius 2 is 1.43 bits per heavy atom. The molecule has 2 aliphatic rings. The maximum atomic E-state index is 12.6. The Balaban J connectivity index is 1.59. The monoisotopic (exact) mass is 317 g/mol. The van der Waals surface area contributed by atoms with Crippen molar-refractivity contribution in [2.24, 2.45) is 0 Å². The lowest BCUT2D eigenvalue weighted by atomic mass is 10.1. The Hall–Kier alpha value is -2.24. The van der Waals surface area contributed by atoms with Crippen molar-refractivity contribution in [1.82, 2.24) is 9.80 Å². The average Bonchev–Trinajstić information content (AvgIpc) is 3.15. The van der Waals surface area contributed by atoms with Gasteiger partial charge in [-0.25, -0.2) is 4.79 Å². The summed E-state index contributed by atoms with van der Waals surface area (Å²) < 4.78 is 4.71. The molecule has 0 radical (unpaired) electrons. The number of benzene rings is 1. The number of methoxy groups -OCH3 is 1. The third-order valence-electron chi connectivity index (χ3n) is 4.59. The first-order valence-corrected chi connectivity index (χ1v) is 8.16. The van der Waals surface area contributed by atoms with Crippen LogP contribution in [0, 0.1) is 0 Å². The normalized spacial score (nSPS) is 18.2. The quantitative estimate of drug-likeness (QED) is 0.835. The highest BCUT2D eigenvalue weighted by molar-refractivity contribution is 5.94. The van der Waals surface area contributed by atoms with E-state index < -0.39 is 0 Å². The van der Waals surface area contributed by atoms with E-state index in [1.54, 1.807) is 9.80 Å². The molecule has 0 aliphatic carbocycles. The van der Waals surface area contributed by atoms with Crippen LogP contribution in [-0.2, 0) is 4.74 Å². The number of piperazine rings is 1. The highest BCUT2D eigenvalue weighted by atomic mass is 16.5. The number of carbonyl (C=O) groups excluding carboxylic acids is 2. The van der Waals surface area contributed by atoms with Crippen molar-refractivity contribution in [3.8, 4) is 0 Å². The second-order valence-corrected chi connectivity index (χ2v) is 5.99. The van der Waals surface area contributed by atoms with Gasteiger partial charge in [-0.3, -0.25) is 4.79 Å². The summed E-state index contributed by atoms with van der Waals surface area (Å²) in [6, 6.07) is 7.87. The van der Waals surface area contributed by atoms with Crippen LogP contribution in [0.3, 0.4) is 0 Å². The molecule has 6 nitrogen and oxygen atoms in total. The number of hydrogen-bond acceptors (Lipinski definition) is 4. The van der Waals surface area contributed by atoms with Gasteiger partial charge < -0.3 is 19.4 Å². The van der Waals surface area contributed by atoms with Crippen molar-refractivity contribution in [3.63, 3.8) is 0 Å². The lowest BCUT2D eigenvalue weighted by Crippen LogP contribution is -2.50. The molecule has 124 valence electrons. The first-order chi connectivity index (χ1) is 11.2. The summed E-state index contributed by atoms with van der Waals surface area (Å²) in [6.45, 7) is 4.32. The molecule has 2 fully saturated rings. The molecule has 2 amide bonds.